The first-order chi connectivity index (χ1) is 7.29. The van der Waals surface area contributed by atoms with Gasteiger partial charge in [-0.05, 0) is 62.5 Å². The standard InChI is InChI=1S/C13H27NS/c1-4-9-14-13-8-7-12(11(13)2)6-5-10-15-3/h11-14H,4-10H2,1-3H3. The fourth-order valence-electron chi connectivity index (χ4n) is 2.76. The molecule has 3 unspecified atom stereocenters. The molecule has 0 spiro atoms. The van der Waals surface area contributed by atoms with Gasteiger partial charge in [0.15, 0.2) is 0 Å². The van der Waals surface area contributed by atoms with Crippen LogP contribution in [0.15, 0.2) is 0 Å². The molecule has 0 bridgehead atoms. The summed E-state index contributed by atoms with van der Waals surface area (Å²) >= 11 is 1.99. The van der Waals surface area contributed by atoms with E-state index in [2.05, 4.69) is 25.4 Å². The molecule has 2 heteroatoms. The van der Waals surface area contributed by atoms with Gasteiger partial charge in [-0.15, -0.1) is 0 Å². The highest BCUT2D eigenvalue weighted by Crippen LogP contribution is 2.35. The summed E-state index contributed by atoms with van der Waals surface area (Å²) in [6.45, 7) is 5.90. The van der Waals surface area contributed by atoms with Crippen molar-refractivity contribution in [2.75, 3.05) is 18.6 Å². The Morgan fingerprint density at radius 2 is 2.13 bits per heavy atom. The summed E-state index contributed by atoms with van der Waals surface area (Å²) in [4.78, 5) is 0. The van der Waals surface area contributed by atoms with Crippen molar-refractivity contribution in [3.63, 3.8) is 0 Å². The quantitative estimate of drug-likeness (QED) is 0.670. The number of hydrogen-bond acceptors (Lipinski definition) is 2. The summed E-state index contributed by atoms with van der Waals surface area (Å²) in [6.07, 6.45) is 9.20. The van der Waals surface area contributed by atoms with E-state index in [4.69, 9.17) is 0 Å². The van der Waals surface area contributed by atoms with Crippen molar-refractivity contribution in [2.45, 2.75) is 52.0 Å². The van der Waals surface area contributed by atoms with Gasteiger partial charge in [0.1, 0.15) is 0 Å². The molecular formula is C13H27NS. The minimum atomic E-state index is 0.809. The SMILES string of the molecule is CCCNC1CCC(CCCSC)C1C. The summed E-state index contributed by atoms with van der Waals surface area (Å²) in [7, 11) is 0. The van der Waals surface area contributed by atoms with Gasteiger partial charge in [-0.1, -0.05) is 13.8 Å². The largest absolute Gasteiger partial charge is 0.314 e. The first kappa shape index (κ1) is 13.4. The Hall–Kier alpha value is 0.310. The Bertz CT molecular complexity index is 161. The van der Waals surface area contributed by atoms with E-state index in [0.717, 1.165) is 17.9 Å². The van der Waals surface area contributed by atoms with Gasteiger partial charge < -0.3 is 5.32 Å². The average Bonchev–Trinajstić information content (AvgIpc) is 2.58. The summed E-state index contributed by atoms with van der Waals surface area (Å²) in [5.74, 6) is 3.24. The minimum absolute atomic E-state index is 0.809. The summed E-state index contributed by atoms with van der Waals surface area (Å²) in [5, 5.41) is 3.70. The zero-order valence-corrected chi connectivity index (χ0v) is 11.4. The van der Waals surface area contributed by atoms with Crippen LogP contribution in [-0.4, -0.2) is 24.6 Å². The van der Waals surface area contributed by atoms with Gasteiger partial charge in [0.25, 0.3) is 0 Å². The molecule has 1 N–H and O–H groups in total. The van der Waals surface area contributed by atoms with Crippen LogP contribution in [-0.2, 0) is 0 Å². The second-order valence-electron chi connectivity index (χ2n) is 4.89. The first-order valence-electron chi connectivity index (χ1n) is 6.52. The normalized spacial score (nSPS) is 31.0. The van der Waals surface area contributed by atoms with Crippen LogP contribution in [0.3, 0.4) is 0 Å². The molecule has 0 amide bonds. The van der Waals surface area contributed by atoms with Crippen molar-refractivity contribution < 1.29 is 0 Å². The van der Waals surface area contributed by atoms with E-state index in [0.29, 0.717) is 0 Å². The van der Waals surface area contributed by atoms with Gasteiger partial charge in [0.2, 0.25) is 0 Å². The molecular weight excluding hydrogens is 202 g/mol. The van der Waals surface area contributed by atoms with E-state index < -0.39 is 0 Å². The number of thioether (sulfide) groups is 1. The lowest BCUT2D eigenvalue weighted by Gasteiger charge is -2.21. The first-order valence-corrected chi connectivity index (χ1v) is 7.91. The molecule has 0 radical (unpaired) electrons. The molecule has 1 fully saturated rings. The van der Waals surface area contributed by atoms with Crippen LogP contribution in [0.2, 0.25) is 0 Å². The van der Waals surface area contributed by atoms with Crippen molar-refractivity contribution in [1.29, 1.82) is 0 Å². The van der Waals surface area contributed by atoms with Gasteiger partial charge in [-0.25, -0.2) is 0 Å². The third-order valence-electron chi connectivity index (χ3n) is 3.81. The van der Waals surface area contributed by atoms with Crippen molar-refractivity contribution in [3.8, 4) is 0 Å². The summed E-state index contributed by atoms with van der Waals surface area (Å²) in [5.41, 5.74) is 0. The molecule has 0 heterocycles. The van der Waals surface area contributed by atoms with Crippen LogP contribution < -0.4 is 5.32 Å². The predicted octanol–water partition coefficient (Wildman–Crippen LogP) is 3.54. The van der Waals surface area contributed by atoms with E-state index in [1.807, 2.05) is 11.8 Å². The monoisotopic (exact) mass is 229 g/mol. The van der Waals surface area contributed by atoms with Crippen molar-refractivity contribution in [2.24, 2.45) is 11.8 Å². The third-order valence-corrected chi connectivity index (χ3v) is 4.50. The lowest BCUT2D eigenvalue weighted by molar-refractivity contribution is 0.336. The molecule has 0 aromatic rings. The lowest BCUT2D eigenvalue weighted by atomic mass is 9.92. The highest BCUT2D eigenvalue weighted by Gasteiger charge is 2.31. The zero-order valence-electron chi connectivity index (χ0n) is 10.6. The molecule has 0 aromatic heterocycles. The predicted molar refractivity (Wildman–Crippen MR) is 71.6 cm³/mol. The molecule has 90 valence electrons. The number of hydrogen-bond donors (Lipinski definition) is 1. The Morgan fingerprint density at radius 1 is 1.33 bits per heavy atom. The Morgan fingerprint density at radius 3 is 2.80 bits per heavy atom. The lowest BCUT2D eigenvalue weighted by Crippen LogP contribution is -2.33. The second kappa shape index (κ2) is 7.56. The topological polar surface area (TPSA) is 12.0 Å². The molecule has 3 atom stereocenters. The van der Waals surface area contributed by atoms with E-state index in [9.17, 15) is 0 Å². The molecule has 1 saturated carbocycles. The molecule has 1 aliphatic carbocycles. The van der Waals surface area contributed by atoms with E-state index in [-0.39, 0.29) is 0 Å². The van der Waals surface area contributed by atoms with E-state index in [1.54, 1.807) is 0 Å². The van der Waals surface area contributed by atoms with Crippen molar-refractivity contribution in [1.82, 2.24) is 5.32 Å². The van der Waals surface area contributed by atoms with Crippen LogP contribution >= 0.6 is 11.8 Å². The van der Waals surface area contributed by atoms with Crippen molar-refractivity contribution >= 4 is 11.8 Å². The van der Waals surface area contributed by atoms with Crippen LogP contribution in [0.25, 0.3) is 0 Å². The van der Waals surface area contributed by atoms with Gasteiger partial charge in [-0.3, -0.25) is 0 Å². The maximum absolute atomic E-state index is 3.70. The Kier molecular flexibility index (Phi) is 6.74. The second-order valence-corrected chi connectivity index (χ2v) is 5.88. The van der Waals surface area contributed by atoms with Crippen LogP contribution in [0.5, 0.6) is 0 Å². The Balaban J connectivity index is 2.19. The molecule has 1 rings (SSSR count). The van der Waals surface area contributed by atoms with Crippen molar-refractivity contribution in [3.05, 3.63) is 0 Å². The van der Waals surface area contributed by atoms with Crippen LogP contribution in [0.4, 0.5) is 0 Å². The number of rotatable bonds is 7. The highest BCUT2D eigenvalue weighted by atomic mass is 32.2. The molecule has 15 heavy (non-hydrogen) atoms. The van der Waals surface area contributed by atoms with Gasteiger partial charge >= 0.3 is 0 Å². The average molecular weight is 229 g/mol. The third kappa shape index (κ3) is 4.36. The van der Waals surface area contributed by atoms with Crippen LogP contribution in [0.1, 0.15) is 46.0 Å². The van der Waals surface area contributed by atoms with Gasteiger partial charge in [0, 0.05) is 6.04 Å². The zero-order chi connectivity index (χ0) is 11.1. The van der Waals surface area contributed by atoms with E-state index >= 15 is 0 Å². The highest BCUT2D eigenvalue weighted by molar-refractivity contribution is 7.98. The Labute approximate surface area is 99.8 Å². The van der Waals surface area contributed by atoms with E-state index in [1.165, 1.54) is 44.4 Å². The minimum Gasteiger partial charge on any atom is -0.314 e. The van der Waals surface area contributed by atoms with Gasteiger partial charge in [-0.2, -0.15) is 11.8 Å². The molecule has 0 aliphatic heterocycles. The molecule has 1 nitrogen and oxygen atoms in total. The molecule has 0 aromatic carbocycles. The molecule has 1 aliphatic rings. The smallest absolute Gasteiger partial charge is 0.00954 e. The molecule has 0 saturated heterocycles. The maximum Gasteiger partial charge on any atom is 0.00954 e. The summed E-state index contributed by atoms with van der Waals surface area (Å²) < 4.78 is 0. The summed E-state index contributed by atoms with van der Waals surface area (Å²) in [6, 6.07) is 0.809. The maximum atomic E-state index is 3.70. The fourth-order valence-corrected chi connectivity index (χ4v) is 3.22. The number of nitrogens with one attached hydrogen (secondary N) is 1. The van der Waals surface area contributed by atoms with Crippen LogP contribution in [0, 0.1) is 11.8 Å². The fraction of sp³-hybridized carbons (Fsp3) is 1.00. The van der Waals surface area contributed by atoms with Gasteiger partial charge in [0.05, 0.1) is 0 Å².